The molecule has 0 bridgehead atoms. The molecule has 0 aliphatic rings. The molecule has 0 unspecified atom stereocenters. The summed E-state index contributed by atoms with van der Waals surface area (Å²) in [5, 5.41) is 15.6. The molecule has 1 aromatic heterocycles. The summed E-state index contributed by atoms with van der Waals surface area (Å²) in [5.41, 5.74) is 0.538. The number of hydrogen-bond acceptors (Lipinski definition) is 3. The molecule has 0 aliphatic heterocycles. The van der Waals surface area contributed by atoms with E-state index in [1.807, 2.05) is 0 Å². The molecule has 0 radical (unpaired) electrons. The molecule has 6 heteroatoms. The second kappa shape index (κ2) is 4.80. The van der Waals surface area contributed by atoms with Crippen molar-refractivity contribution < 1.29 is 14.7 Å². The highest BCUT2D eigenvalue weighted by Gasteiger charge is 2.33. The molecule has 1 rings (SSSR count). The van der Waals surface area contributed by atoms with Crippen LogP contribution in [-0.2, 0) is 11.8 Å². The summed E-state index contributed by atoms with van der Waals surface area (Å²) in [7, 11) is 1.73. The number of hydrogen-bond donors (Lipinski definition) is 2. The van der Waals surface area contributed by atoms with Gasteiger partial charge in [-0.3, -0.25) is 9.48 Å². The van der Waals surface area contributed by atoms with Crippen LogP contribution in [-0.4, -0.2) is 32.8 Å². The molecule has 100 valence electrons. The Balaban J connectivity index is 2.93. The maximum absolute atomic E-state index is 12.0. The van der Waals surface area contributed by atoms with E-state index in [1.54, 1.807) is 39.4 Å². The molecule has 1 heterocycles. The summed E-state index contributed by atoms with van der Waals surface area (Å²) in [6, 6.07) is -0.940. The van der Waals surface area contributed by atoms with Crippen LogP contribution in [0.25, 0.3) is 0 Å². The summed E-state index contributed by atoms with van der Waals surface area (Å²) in [4.78, 5) is 23.2. The Labute approximate surface area is 106 Å². The van der Waals surface area contributed by atoms with Crippen molar-refractivity contribution in [1.29, 1.82) is 0 Å². The third-order valence-electron chi connectivity index (χ3n) is 2.87. The largest absolute Gasteiger partial charge is 0.480 e. The van der Waals surface area contributed by atoms with Crippen LogP contribution in [0.2, 0.25) is 0 Å². The minimum Gasteiger partial charge on any atom is -0.480 e. The summed E-state index contributed by atoms with van der Waals surface area (Å²) >= 11 is 0. The van der Waals surface area contributed by atoms with E-state index in [-0.39, 0.29) is 0 Å². The van der Waals surface area contributed by atoms with Crippen molar-refractivity contribution in [2.45, 2.75) is 33.7 Å². The van der Waals surface area contributed by atoms with E-state index in [1.165, 1.54) is 6.20 Å². The van der Waals surface area contributed by atoms with Gasteiger partial charge in [0.15, 0.2) is 0 Å². The zero-order chi connectivity index (χ0) is 14.1. The number of carbonyl (C=O) groups is 2. The Hall–Kier alpha value is -1.85. The zero-order valence-electron chi connectivity index (χ0n) is 11.3. The second-order valence-corrected chi connectivity index (χ2v) is 5.38. The Kier molecular flexibility index (Phi) is 3.79. The Morgan fingerprint density at radius 3 is 2.33 bits per heavy atom. The lowest BCUT2D eigenvalue weighted by molar-refractivity contribution is -0.142. The van der Waals surface area contributed by atoms with E-state index >= 15 is 0 Å². The van der Waals surface area contributed by atoms with Crippen molar-refractivity contribution >= 4 is 11.9 Å². The topological polar surface area (TPSA) is 84.2 Å². The number of nitrogens with zero attached hydrogens (tertiary/aromatic N) is 2. The summed E-state index contributed by atoms with van der Waals surface area (Å²) < 4.78 is 1.57. The molecule has 1 atom stereocenters. The van der Waals surface area contributed by atoms with Gasteiger partial charge in [-0.2, -0.15) is 5.10 Å². The van der Waals surface area contributed by atoms with Crippen LogP contribution in [0.5, 0.6) is 0 Å². The molecular weight excluding hydrogens is 234 g/mol. The lowest BCUT2D eigenvalue weighted by Gasteiger charge is -2.27. The van der Waals surface area contributed by atoms with Gasteiger partial charge in [-0.1, -0.05) is 20.8 Å². The molecule has 0 spiro atoms. The molecule has 0 fully saturated rings. The highest BCUT2D eigenvalue weighted by Crippen LogP contribution is 2.20. The predicted molar refractivity (Wildman–Crippen MR) is 66.3 cm³/mol. The van der Waals surface area contributed by atoms with Crippen LogP contribution in [0.3, 0.4) is 0 Å². The second-order valence-electron chi connectivity index (χ2n) is 5.38. The third-order valence-corrected chi connectivity index (χ3v) is 2.87. The fourth-order valence-corrected chi connectivity index (χ4v) is 1.58. The van der Waals surface area contributed by atoms with Crippen molar-refractivity contribution in [1.82, 2.24) is 15.1 Å². The standard InChI is InChI=1S/C12H19N3O3/c1-7-8(6-13-15(7)5)10(16)14-9(11(17)18)12(2,3)4/h6,9H,1-5H3,(H,14,16)(H,17,18)/t9-/m0/s1. The molecule has 18 heavy (non-hydrogen) atoms. The van der Waals surface area contributed by atoms with Crippen molar-refractivity contribution in [3.63, 3.8) is 0 Å². The SMILES string of the molecule is Cc1c(C(=O)N[C@@H](C(=O)O)C(C)(C)C)cnn1C. The lowest BCUT2D eigenvalue weighted by atomic mass is 9.86. The average molecular weight is 253 g/mol. The number of rotatable bonds is 3. The number of carbonyl (C=O) groups excluding carboxylic acids is 1. The van der Waals surface area contributed by atoms with Crippen molar-refractivity contribution in [2.75, 3.05) is 0 Å². The van der Waals surface area contributed by atoms with Crippen LogP contribution >= 0.6 is 0 Å². The van der Waals surface area contributed by atoms with E-state index in [0.29, 0.717) is 11.3 Å². The van der Waals surface area contributed by atoms with Crippen molar-refractivity contribution in [3.05, 3.63) is 17.5 Å². The minimum atomic E-state index is -1.04. The Morgan fingerprint density at radius 2 is 2.00 bits per heavy atom. The number of carboxylic acids is 1. The van der Waals surface area contributed by atoms with Crippen LogP contribution in [0.1, 0.15) is 36.8 Å². The molecule has 1 amide bonds. The van der Waals surface area contributed by atoms with Gasteiger partial charge >= 0.3 is 5.97 Å². The third kappa shape index (κ3) is 2.88. The van der Waals surface area contributed by atoms with Crippen LogP contribution in [0.4, 0.5) is 0 Å². The molecule has 2 N–H and O–H groups in total. The van der Waals surface area contributed by atoms with Gasteiger partial charge < -0.3 is 10.4 Å². The Morgan fingerprint density at radius 1 is 1.44 bits per heavy atom. The lowest BCUT2D eigenvalue weighted by Crippen LogP contribution is -2.49. The van der Waals surface area contributed by atoms with Crippen LogP contribution < -0.4 is 5.32 Å². The number of nitrogens with one attached hydrogen (secondary N) is 1. The van der Waals surface area contributed by atoms with Gasteiger partial charge in [0.05, 0.1) is 11.8 Å². The van der Waals surface area contributed by atoms with Gasteiger partial charge in [-0.05, 0) is 12.3 Å². The number of amides is 1. The first-order chi connectivity index (χ1) is 8.14. The first-order valence-electron chi connectivity index (χ1n) is 5.67. The maximum atomic E-state index is 12.0. The highest BCUT2D eigenvalue weighted by atomic mass is 16.4. The molecule has 0 saturated heterocycles. The van der Waals surface area contributed by atoms with Gasteiger partial charge in [0.1, 0.15) is 6.04 Å². The molecule has 6 nitrogen and oxygen atoms in total. The summed E-state index contributed by atoms with van der Waals surface area (Å²) in [6.07, 6.45) is 1.44. The molecule has 0 aliphatic carbocycles. The summed E-state index contributed by atoms with van der Waals surface area (Å²) in [6.45, 7) is 7.06. The fraction of sp³-hybridized carbons (Fsp3) is 0.583. The van der Waals surface area contributed by atoms with E-state index in [9.17, 15) is 9.59 Å². The van der Waals surface area contributed by atoms with Gasteiger partial charge in [-0.25, -0.2) is 4.79 Å². The van der Waals surface area contributed by atoms with Gasteiger partial charge in [-0.15, -0.1) is 0 Å². The van der Waals surface area contributed by atoms with E-state index < -0.39 is 23.3 Å². The van der Waals surface area contributed by atoms with Crippen LogP contribution in [0.15, 0.2) is 6.20 Å². The van der Waals surface area contributed by atoms with E-state index in [4.69, 9.17) is 5.11 Å². The minimum absolute atomic E-state index is 0.396. The number of aromatic nitrogens is 2. The smallest absolute Gasteiger partial charge is 0.326 e. The first kappa shape index (κ1) is 14.2. The highest BCUT2D eigenvalue weighted by molar-refractivity contribution is 5.97. The quantitative estimate of drug-likeness (QED) is 0.840. The number of aryl methyl sites for hydroxylation is 1. The monoisotopic (exact) mass is 253 g/mol. The van der Waals surface area contributed by atoms with Gasteiger partial charge in [0, 0.05) is 12.7 Å². The maximum Gasteiger partial charge on any atom is 0.326 e. The average Bonchev–Trinajstić information content (AvgIpc) is 2.54. The molecular formula is C12H19N3O3. The van der Waals surface area contributed by atoms with Crippen molar-refractivity contribution in [2.24, 2.45) is 12.5 Å². The van der Waals surface area contributed by atoms with Crippen LogP contribution in [0, 0.1) is 12.3 Å². The first-order valence-corrected chi connectivity index (χ1v) is 5.67. The van der Waals surface area contributed by atoms with Gasteiger partial charge in [0.25, 0.3) is 5.91 Å². The normalized spacial score (nSPS) is 13.2. The molecule has 1 aromatic rings. The van der Waals surface area contributed by atoms with E-state index in [0.717, 1.165) is 0 Å². The predicted octanol–water partition coefficient (Wildman–Crippen LogP) is 0.958. The number of carboxylic acid groups (broad SMARTS) is 1. The molecule has 0 aromatic carbocycles. The van der Waals surface area contributed by atoms with E-state index in [2.05, 4.69) is 10.4 Å². The Bertz CT molecular complexity index is 471. The van der Waals surface area contributed by atoms with Crippen molar-refractivity contribution in [3.8, 4) is 0 Å². The zero-order valence-corrected chi connectivity index (χ0v) is 11.3. The fourth-order valence-electron chi connectivity index (χ4n) is 1.58. The molecule has 0 saturated carbocycles. The number of aliphatic carboxylic acids is 1. The van der Waals surface area contributed by atoms with Gasteiger partial charge in [0.2, 0.25) is 0 Å². The summed E-state index contributed by atoms with van der Waals surface area (Å²) in [5.74, 6) is -1.46.